The van der Waals surface area contributed by atoms with Crippen LogP contribution >= 0.6 is 0 Å². The van der Waals surface area contributed by atoms with E-state index in [9.17, 15) is 0 Å². The Morgan fingerprint density at radius 2 is 1.55 bits per heavy atom. The van der Waals surface area contributed by atoms with Crippen molar-refractivity contribution in [2.75, 3.05) is 20.3 Å². The van der Waals surface area contributed by atoms with E-state index in [0.29, 0.717) is 30.1 Å². The second kappa shape index (κ2) is 8.60. The van der Waals surface area contributed by atoms with E-state index in [1.54, 1.807) is 25.3 Å². The maximum Gasteiger partial charge on any atom is 0.164 e. The minimum Gasteiger partial charge on any atom is -0.497 e. The summed E-state index contributed by atoms with van der Waals surface area (Å²) in [5.41, 5.74) is 10.5. The lowest BCUT2D eigenvalue weighted by Crippen LogP contribution is -2.22. The molecule has 0 amide bonds. The van der Waals surface area contributed by atoms with Gasteiger partial charge in [0.15, 0.2) is 11.5 Å². The summed E-state index contributed by atoms with van der Waals surface area (Å²) in [5, 5.41) is 18.0. The van der Waals surface area contributed by atoms with Gasteiger partial charge >= 0.3 is 0 Å². The molecule has 2 unspecified atom stereocenters. The van der Waals surface area contributed by atoms with Crippen LogP contribution < -0.4 is 25.7 Å². The molecule has 1 aromatic carbocycles. The number of aliphatic hydroxyl groups excluding tert-OH is 2. The van der Waals surface area contributed by atoms with Crippen molar-refractivity contribution in [3.8, 4) is 17.2 Å². The fourth-order valence-electron chi connectivity index (χ4n) is 1.43. The van der Waals surface area contributed by atoms with E-state index in [-0.39, 0.29) is 13.2 Å². The summed E-state index contributed by atoms with van der Waals surface area (Å²) in [7, 11) is 1.55. The highest BCUT2D eigenvalue weighted by molar-refractivity contribution is 5.45. The summed E-state index contributed by atoms with van der Waals surface area (Å²) < 4.78 is 16.1. The number of aliphatic hydroxyl groups is 2. The zero-order valence-electron chi connectivity index (χ0n) is 11.5. The summed E-state index contributed by atoms with van der Waals surface area (Å²) in [6, 6.07) is 5.12. The van der Waals surface area contributed by atoms with E-state index in [0.717, 1.165) is 0 Å². The molecule has 0 radical (unpaired) electrons. The maximum absolute atomic E-state index is 9.00. The Kier molecular flexibility index (Phi) is 7.10. The van der Waals surface area contributed by atoms with E-state index in [4.69, 9.17) is 35.9 Å². The molecule has 0 spiro atoms. The molecule has 0 saturated heterocycles. The Bertz CT molecular complexity index is 398. The molecule has 1 aromatic rings. The number of methoxy groups -OCH3 is 1. The highest BCUT2D eigenvalue weighted by atomic mass is 16.5. The molecular formula is C13H22N2O5. The zero-order chi connectivity index (χ0) is 15.0. The molecule has 6 N–H and O–H groups in total. The van der Waals surface area contributed by atoms with Crippen LogP contribution in [0.2, 0.25) is 0 Å². The van der Waals surface area contributed by atoms with Crippen LogP contribution in [0.5, 0.6) is 17.2 Å². The van der Waals surface area contributed by atoms with Gasteiger partial charge in [-0.3, -0.25) is 0 Å². The minimum absolute atomic E-state index is 0.251. The van der Waals surface area contributed by atoms with Gasteiger partial charge in [-0.05, 0) is 12.1 Å². The van der Waals surface area contributed by atoms with Gasteiger partial charge in [0.05, 0.1) is 20.3 Å². The molecule has 0 aliphatic heterocycles. The first-order valence-corrected chi connectivity index (χ1v) is 6.34. The van der Waals surface area contributed by atoms with Gasteiger partial charge in [-0.25, -0.2) is 0 Å². The van der Waals surface area contributed by atoms with Crippen molar-refractivity contribution < 1.29 is 24.4 Å². The maximum atomic E-state index is 9.00. The Morgan fingerprint density at radius 3 is 2.05 bits per heavy atom. The fourth-order valence-corrected chi connectivity index (χ4v) is 1.43. The quantitative estimate of drug-likeness (QED) is 0.463. The highest BCUT2D eigenvalue weighted by Gasteiger charge is 2.09. The van der Waals surface area contributed by atoms with Gasteiger partial charge in [-0.2, -0.15) is 0 Å². The third kappa shape index (κ3) is 6.07. The van der Waals surface area contributed by atoms with Gasteiger partial charge in [-0.1, -0.05) is 0 Å². The SMILES string of the molecule is COc1ccc(OCCC(N)O)c(OCCC(N)O)c1. The predicted molar refractivity (Wildman–Crippen MR) is 73.6 cm³/mol. The number of nitrogens with two attached hydrogens (primary N) is 2. The topological polar surface area (TPSA) is 120 Å². The fraction of sp³-hybridized carbons (Fsp3) is 0.538. The van der Waals surface area contributed by atoms with Crippen LogP contribution in [0, 0.1) is 0 Å². The Balaban J connectivity index is 2.65. The largest absolute Gasteiger partial charge is 0.497 e. The predicted octanol–water partition coefficient (Wildman–Crippen LogP) is -0.213. The number of benzene rings is 1. The number of ether oxygens (including phenoxy) is 3. The molecule has 114 valence electrons. The van der Waals surface area contributed by atoms with E-state index < -0.39 is 12.5 Å². The van der Waals surface area contributed by atoms with Crippen LogP contribution in [0.3, 0.4) is 0 Å². The summed E-state index contributed by atoms with van der Waals surface area (Å²) in [5.74, 6) is 1.62. The first-order chi connectivity index (χ1) is 9.52. The molecule has 7 heteroatoms. The highest BCUT2D eigenvalue weighted by Crippen LogP contribution is 2.31. The molecular weight excluding hydrogens is 264 g/mol. The van der Waals surface area contributed by atoms with Gasteiger partial charge in [0, 0.05) is 18.9 Å². The second-order valence-electron chi connectivity index (χ2n) is 4.22. The van der Waals surface area contributed by atoms with Crippen LogP contribution in [0.15, 0.2) is 18.2 Å². The summed E-state index contributed by atoms with van der Waals surface area (Å²) in [4.78, 5) is 0. The third-order valence-electron chi connectivity index (χ3n) is 2.49. The molecule has 7 nitrogen and oxygen atoms in total. The van der Waals surface area contributed by atoms with E-state index in [2.05, 4.69) is 0 Å². The van der Waals surface area contributed by atoms with Crippen LogP contribution in [0.25, 0.3) is 0 Å². The molecule has 0 saturated carbocycles. The summed E-state index contributed by atoms with van der Waals surface area (Å²) in [6.45, 7) is 0.514. The van der Waals surface area contributed by atoms with Crippen molar-refractivity contribution in [1.29, 1.82) is 0 Å². The lowest BCUT2D eigenvalue weighted by molar-refractivity contribution is 0.136. The lowest BCUT2D eigenvalue weighted by Gasteiger charge is -2.15. The van der Waals surface area contributed by atoms with Crippen LogP contribution in [0.4, 0.5) is 0 Å². The van der Waals surface area contributed by atoms with Crippen LogP contribution in [-0.2, 0) is 0 Å². The lowest BCUT2D eigenvalue weighted by atomic mass is 10.3. The Labute approximate surface area is 118 Å². The van der Waals surface area contributed by atoms with Gasteiger partial charge in [-0.15, -0.1) is 0 Å². The third-order valence-corrected chi connectivity index (χ3v) is 2.49. The molecule has 2 atom stereocenters. The first-order valence-electron chi connectivity index (χ1n) is 6.34. The first kappa shape index (κ1) is 16.5. The molecule has 0 aromatic heterocycles. The molecule has 20 heavy (non-hydrogen) atoms. The molecule has 0 fully saturated rings. The van der Waals surface area contributed by atoms with Crippen molar-refractivity contribution in [3.05, 3.63) is 18.2 Å². The van der Waals surface area contributed by atoms with Crippen molar-refractivity contribution in [3.63, 3.8) is 0 Å². The van der Waals surface area contributed by atoms with Crippen LogP contribution in [0.1, 0.15) is 12.8 Å². The molecule has 0 bridgehead atoms. The number of hydrogen-bond acceptors (Lipinski definition) is 7. The van der Waals surface area contributed by atoms with E-state index in [1.165, 1.54) is 0 Å². The second-order valence-corrected chi connectivity index (χ2v) is 4.22. The normalized spacial score (nSPS) is 13.7. The molecule has 0 aliphatic carbocycles. The van der Waals surface area contributed by atoms with E-state index in [1.807, 2.05) is 0 Å². The standard InChI is InChI=1S/C13H22N2O5/c1-18-9-2-3-10(19-6-4-12(14)16)11(8-9)20-7-5-13(15)17/h2-3,8,12-13,16-17H,4-7,14-15H2,1H3. The van der Waals surface area contributed by atoms with Gasteiger partial charge < -0.3 is 35.9 Å². The van der Waals surface area contributed by atoms with Gasteiger partial charge in [0.1, 0.15) is 18.2 Å². The Hall–Kier alpha value is -1.54. The average molecular weight is 286 g/mol. The summed E-state index contributed by atoms with van der Waals surface area (Å²) >= 11 is 0. The molecule has 1 rings (SSSR count). The molecule has 0 aliphatic rings. The zero-order valence-corrected chi connectivity index (χ0v) is 11.5. The Morgan fingerprint density at radius 1 is 1.00 bits per heavy atom. The number of rotatable bonds is 9. The average Bonchev–Trinajstić information content (AvgIpc) is 2.39. The van der Waals surface area contributed by atoms with Crippen LogP contribution in [-0.4, -0.2) is 43.0 Å². The molecule has 0 heterocycles. The van der Waals surface area contributed by atoms with Gasteiger partial charge in [0.25, 0.3) is 0 Å². The number of hydrogen-bond donors (Lipinski definition) is 4. The minimum atomic E-state index is -0.919. The summed E-state index contributed by atoms with van der Waals surface area (Å²) in [6.07, 6.45) is -1.21. The van der Waals surface area contributed by atoms with Crippen molar-refractivity contribution in [2.24, 2.45) is 11.5 Å². The van der Waals surface area contributed by atoms with Gasteiger partial charge in [0.2, 0.25) is 0 Å². The monoisotopic (exact) mass is 286 g/mol. The van der Waals surface area contributed by atoms with Crippen molar-refractivity contribution >= 4 is 0 Å². The van der Waals surface area contributed by atoms with Crippen molar-refractivity contribution in [1.82, 2.24) is 0 Å². The van der Waals surface area contributed by atoms with E-state index >= 15 is 0 Å². The van der Waals surface area contributed by atoms with Crippen molar-refractivity contribution in [2.45, 2.75) is 25.3 Å². The smallest absolute Gasteiger partial charge is 0.164 e.